The van der Waals surface area contributed by atoms with Gasteiger partial charge in [0.1, 0.15) is 0 Å². The monoisotopic (exact) mass is 148 g/mol. The molecule has 0 rings (SSSR count). The molecule has 0 amide bonds. The van der Waals surface area contributed by atoms with E-state index in [0.717, 1.165) is 31.5 Å². The van der Waals surface area contributed by atoms with Gasteiger partial charge in [0.05, 0.1) is 54.2 Å². The quantitative estimate of drug-likeness (QED) is 0.346. The van der Waals surface area contributed by atoms with E-state index in [-0.39, 0.29) is 0 Å². The molecule has 0 bridgehead atoms. The van der Waals surface area contributed by atoms with Crippen molar-refractivity contribution >= 4 is 80.0 Å². The lowest BCUT2D eigenvalue weighted by Gasteiger charge is -2.29. The van der Waals surface area contributed by atoms with Crippen LogP contribution in [0.3, 0.4) is 0 Å². The van der Waals surface area contributed by atoms with Crippen molar-refractivity contribution in [3.63, 3.8) is 0 Å². The molecule has 0 aromatic carbocycles. The second-order valence-electron chi connectivity index (χ2n) is 5.17. The zero-order valence-corrected chi connectivity index (χ0v) is 9.89. The molecule has 0 nitrogen and oxygen atoms in total. The van der Waals surface area contributed by atoms with Crippen LogP contribution in [0.1, 0.15) is 0 Å². The highest BCUT2D eigenvalue weighted by Gasteiger charge is 2.30. The maximum atomic E-state index is 2.40. The Bertz CT molecular complexity index is 108. The lowest BCUT2D eigenvalue weighted by Crippen LogP contribution is -2.54. The topological polar surface area (TPSA) is 0 Å². The van der Waals surface area contributed by atoms with E-state index >= 15 is 0 Å². The van der Waals surface area contributed by atoms with Crippen molar-refractivity contribution in [3.05, 3.63) is 0 Å². The lowest BCUT2D eigenvalue weighted by molar-refractivity contribution is 1.82. The Balaban J connectivity index is 4.30. The Kier molecular flexibility index (Phi) is 5.77. The van der Waals surface area contributed by atoms with Crippen LogP contribution in [0.2, 0.25) is 5.62 Å². The maximum Gasteiger partial charge on any atom is 0.0631 e. The van der Waals surface area contributed by atoms with Gasteiger partial charge in [-0.25, -0.2) is 0 Å². The summed E-state index contributed by atoms with van der Waals surface area (Å²) in [5.41, 5.74) is 0.880. The summed E-state index contributed by atoms with van der Waals surface area (Å²) in [4.78, 5) is 0. The first-order valence-corrected chi connectivity index (χ1v) is 5.37. The lowest BCUT2D eigenvalue weighted by atomic mass is 8.74. The van der Waals surface area contributed by atoms with Crippen molar-refractivity contribution < 1.29 is 0 Å². The van der Waals surface area contributed by atoms with Crippen molar-refractivity contribution in [2.75, 3.05) is 0 Å². The predicted molar refractivity (Wildman–Crippen MR) is 86.6 cm³/mol. The largest absolute Gasteiger partial charge is 0.142 e. The Labute approximate surface area is 86.0 Å². The van der Waals surface area contributed by atoms with Crippen LogP contribution in [0.25, 0.3) is 0 Å². The summed E-state index contributed by atoms with van der Waals surface area (Å²) in [5, 5.41) is 0. The third-order valence-corrected chi connectivity index (χ3v) is 3.20. The van der Waals surface area contributed by atoms with Gasteiger partial charge in [0, 0.05) is 25.9 Å². The predicted octanol–water partition coefficient (Wildman–Crippen LogP) is -7.60. The molecular weight excluding hydrogens is 131 g/mol. The van der Waals surface area contributed by atoms with Crippen LogP contribution >= 0.6 is 0 Å². The van der Waals surface area contributed by atoms with Crippen molar-refractivity contribution in [1.82, 2.24) is 0 Å². The van der Waals surface area contributed by atoms with E-state index in [1.165, 1.54) is 0 Å². The Hall–Kier alpha value is 0.714. The molecule has 0 saturated heterocycles. The maximum absolute atomic E-state index is 2.40. The normalized spacial score (nSPS) is 9.42. The Morgan fingerprint density at radius 2 is 1.00 bits per heavy atom. The molecule has 11 heteroatoms. The molecule has 0 unspecified atom stereocenters. The molecule has 0 saturated carbocycles. The minimum absolute atomic E-state index is 0.819. The molecule has 0 fully saturated rings. The first kappa shape index (κ1) is 12.7. The molecule has 12 heavy (non-hydrogen) atoms. The fourth-order valence-corrected chi connectivity index (χ4v) is 2.43. The molecule has 0 atom stereocenters. The molecular formula is CH15B11. The van der Waals surface area contributed by atoms with Gasteiger partial charge in [-0.3, -0.25) is 0 Å². The van der Waals surface area contributed by atoms with E-state index in [9.17, 15) is 0 Å². The molecule has 0 spiro atoms. The Morgan fingerprint density at radius 3 is 1.08 bits per heavy atom. The summed E-state index contributed by atoms with van der Waals surface area (Å²) in [7, 11) is 16.5. The molecule has 0 aliphatic rings. The summed E-state index contributed by atoms with van der Waals surface area (Å²) in [6.07, 6.45) is 0.819. The van der Waals surface area contributed by atoms with Crippen LogP contribution in [0.15, 0.2) is 0 Å². The summed E-state index contributed by atoms with van der Waals surface area (Å²) in [5.74, 6) is 0. The fourth-order valence-electron chi connectivity index (χ4n) is 2.43. The Morgan fingerprint density at radius 1 is 0.667 bits per heavy atom. The molecule has 0 aromatic rings. The molecule has 0 aliphatic carbocycles. The van der Waals surface area contributed by atoms with Crippen molar-refractivity contribution in [3.8, 4) is 0 Å². The standard InChI is InChI=1S/CH15B11/c2-9(3)1(10(4)5)11(6)12(7)8/h1H,2-8H2. The van der Waals surface area contributed by atoms with Gasteiger partial charge in [-0.15, -0.1) is 5.62 Å². The molecule has 0 radical (unpaired) electrons. The van der Waals surface area contributed by atoms with E-state index in [1.807, 2.05) is 0 Å². The third-order valence-electron chi connectivity index (χ3n) is 3.20. The van der Waals surface area contributed by atoms with Crippen LogP contribution < -0.4 is 0 Å². The average Bonchev–Trinajstić information content (AvgIpc) is 1.85. The zero-order chi connectivity index (χ0) is 9.89. The van der Waals surface area contributed by atoms with E-state index in [2.05, 4.69) is 54.2 Å². The number of hydrogen-bond acceptors (Lipinski definition) is 0. The highest BCUT2D eigenvalue weighted by molar-refractivity contribution is 7.71. The summed E-state index contributed by atoms with van der Waals surface area (Å²) < 4.78 is 0. The molecule has 52 valence electrons. The third kappa shape index (κ3) is 3.62. The number of rotatable bonds is 4. The highest BCUT2D eigenvalue weighted by atomic mass is 13.5. The van der Waals surface area contributed by atoms with Gasteiger partial charge in [-0.2, -0.15) is 0 Å². The van der Waals surface area contributed by atoms with E-state index in [1.54, 1.807) is 0 Å². The average molecular weight is 146 g/mol. The fraction of sp³-hybridized carbons (Fsp3) is 1.00. The van der Waals surface area contributed by atoms with E-state index in [4.69, 9.17) is 0 Å². The molecule has 0 N–H and O–H groups in total. The van der Waals surface area contributed by atoms with Crippen molar-refractivity contribution in [1.29, 1.82) is 0 Å². The van der Waals surface area contributed by atoms with Gasteiger partial charge < -0.3 is 0 Å². The van der Waals surface area contributed by atoms with Crippen molar-refractivity contribution in [2.24, 2.45) is 0 Å². The number of hydrogen-bond donors (Lipinski definition) is 0. The van der Waals surface area contributed by atoms with E-state index < -0.39 is 0 Å². The second kappa shape index (κ2) is 5.45. The minimum Gasteiger partial charge on any atom is -0.142 e. The molecule has 0 heterocycles. The smallest absolute Gasteiger partial charge is 0.0631 e. The highest BCUT2D eigenvalue weighted by Crippen LogP contribution is 2.10. The summed E-state index contributed by atoms with van der Waals surface area (Å²) in [6.45, 7) is 2.50. The van der Waals surface area contributed by atoms with Gasteiger partial charge >= 0.3 is 0 Å². The zero-order valence-electron chi connectivity index (χ0n) is 9.89. The van der Waals surface area contributed by atoms with Crippen molar-refractivity contribution in [2.45, 2.75) is 5.62 Å². The van der Waals surface area contributed by atoms with Crippen LogP contribution in [-0.2, 0) is 0 Å². The first-order valence-electron chi connectivity index (χ1n) is 5.37. The summed E-state index contributed by atoms with van der Waals surface area (Å²) in [6, 6.07) is 0. The van der Waals surface area contributed by atoms with Crippen LogP contribution in [0, 0.1) is 0 Å². The second-order valence-corrected chi connectivity index (χ2v) is 5.17. The molecule has 0 aliphatic heterocycles. The molecule has 0 aromatic heterocycles. The van der Waals surface area contributed by atoms with Gasteiger partial charge in [0.25, 0.3) is 0 Å². The van der Waals surface area contributed by atoms with Crippen LogP contribution in [0.5, 0.6) is 0 Å². The first-order chi connectivity index (χ1) is 5.37. The SMILES string of the molecule is BB(B)B(B)C(B(B)B)B(B)B. The van der Waals surface area contributed by atoms with Gasteiger partial charge in [0.2, 0.25) is 0 Å². The van der Waals surface area contributed by atoms with Crippen LogP contribution in [0.4, 0.5) is 0 Å². The van der Waals surface area contributed by atoms with E-state index in [0.29, 0.717) is 0 Å². The van der Waals surface area contributed by atoms with Crippen LogP contribution in [-0.4, -0.2) is 80.0 Å². The summed E-state index contributed by atoms with van der Waals surface area (Å²) >= 11 is 0. The van der Waals surface area contributed by atoms with Gasteiger partial charge in [0.15, 0.2) is 0 Å². The van der Waals surface area contributed by atoms with Gasteiger partial charge in [-0.05, 0) is 0 Å². The van der Waals surface area contributed by atoms with Gasteiger partial charge in [-0.1, -0.05) is 0 Å². The minimum atomic E-state index is 0.819.